The number of hydrogen-bond acceptors (Lipinski definition) is 3. The molecule has 4 N–H and O–H groups in total. The summed E-state index contributed by atoms with van der Waals surface area (Å²) in [6.07, 6.45) is -0.699. The maximum atomic E-state index is 13.8. The van der Waals surface area contributed by atoms with Crippen LogP contribution >= 0.6 is 11.6 Å². The largest absolute Gasteiger partial charge is 0.391 e. The number of carbonyl (C=O) groups is 1. The van der Waals surface area contributed by atoms with Crippen molar-refractivity contribution in [3.63, 3.8) is 0 Å². The van der Waals surface area contributed by atoms with Crippen molar-refractivity contribution in [3.05, 3.63) is 70.0 Å². The molecule has 0 spiro atoms. The fourth-order valence-electron chi connectivity index (χ4n) is 2.80. The highest BCUT2D eigenvalue weighted by molar-refractivity contribution is 6.31. The zero-order chi connectivity index (χ0) is 20.2. The standard InChI is InChI=1S/C21H26ClFN2O2/c1-21(2,3)25-20(27)14-8-6-9-16(22)15(14)12-19(26)18(24)11-13-7-4-5-10-17(13)23/h4-10,18-19,26H,11-12,24H2,1-3H3,(H,25,27)/t18-,19+/m1/s1. The molecule has 0 bridgehead atoms. The second kappa shape index (κ2) is 8.83. The van der Waals surface area contributed by atoms with E-state index in [-0.39, 0.29) is 24.6 Å². The lowest BCUT2D eigenvalue weighted by Crippen LogP contribution is -2.42. The second-order valence-corrected chi connectivity index (χ2v) is 8.11. The zero-order valence-electron chi connectivity index (χ0n) is 15.8. The van der Waals surface area contributed by atoms with E-state index in [0.29, 0.717) is 21.7 Å². The van der Waals surface area contributed by atoms with E-state index in [1.165, 1.54) is 6.07 Å². The number of amides is 1. The van der Waals surface area contributed by atoms with Crippen molar-refractivity contribution in [2.45, 2.75) is 51.3 Å². The lowest BCUT2D eigenvalue weighted by atomic mass is 9.94. The monoisotopic (exact) mass is 392 g/mol. The van der Waals surface area contributed by atoms with Gasteiger partial charge >= 0.3 is 0 Å². The van der Waals surface area contributed by atoms with Crippen molar-refractivity contribution >= 4 is 17.5 Å². The van der Waals surface area contributed by atoms with Crippen LogP contribution in [0.25, 0.3) is 0 Å². The van der Waals surface area contributed by atoms with Crippen LogP contribution in [0, 0.1) is 5.82 Å². The molecule has 1 amide bonds. The van der Waals surface area contributed by atoms with Gasteiger partial charge < -0.3 is 16.2 Å². The molecule has 0 saturated heterocycles. The van der Waals surface area contributed by atoms with Gasteiger partial charge in [-0.2, -0.15) is 0 Å². The van der Waals surface area contributed by atoms with Crippen molar-refractivity contribution in [1.29, 1.82) is 0 Å². The van der Waals surface area contributed by atoms with Crippen LogP contribution in [0.3, 0.4) is 0 Å². The lowest BCUT2D eigenvalue weighted by Gasteiger charge is -2.24. The van der Waals surface area contributed by atoms with E-state index < -0.39 is 17.7 Å². The minimum atomic E-state index is -0.981. The van der Waals surface area contributed by atoms with Crippen LogP contribution in [0.2, 0.25) is 5.02 Å². The number of rotatable bonds is 6. The molecule has 4 nitrogen and oxygen atoms in total. The van der Waals surface area contributed by atoms with Gasteiger partial charge in [-0.15, -0.1) is 0 Å². The first-order chi connectivity index (χ1) is 12.6. The molecule has 6 heteroatoms. The Morgan fingerprint density at radius 2 is 1.85 bits per heavy atom. The van der Waals surface area contributed by atoms with Crippen LogP contribution in [-0.2, 0) is 12.8 Å². The average Bonchev–Trinajstić information content (AvgIpc) is 2.57. The number of benzene rings is 2. The molecule has 0 heterocycles. The second-order valence-electron chi connectivity index (χ2n) is 7.70. The van der Waals surface area contributed by atoms with Gasteiger partial charge in [-0.25, -0.2) is 4.39 Å². The van der Waals surface area contributed by atoms with Gasteiger partial charge in [0.2, 0.25) is 0 Å². The molecule has 27 heavy (non-hydrogen) atoms. The van der Waals surface area contributed by atoms with Crippen molar-refractivity contribution < 1.29 is 14.3 Å². The number of aliphatic hydroxyl groups excluding tert-OH is 1. The van der Waals surface area contributed by atoms with Crippen LogP contribution < -0.4 is 11.1 Å². The third-order valence-corrected chi connectivity index (χ3v) is 4.53. The highest BCUT2D eigenvalue weighted by atomic mass is 35.5. The summed E-state index contributed by atoms with van der Waals surface area (Å²) in [7, 11) is 0. The molecule has 0 fully saturated rings. The molecule has 146 valence electrons. The van der Waals surface area contributed by atoms with E-state index in [4.69, 9.17) is 17.3 Å². The summed E-state index contributed by atoms with van der Waals surface area (Å²) in [6.45, 7) is 5.65. The summed E-state index contributed by atoms with van der Waals surface area (Å²) in [6, 6.07) is 10.6. The smallest absolute Gasteiger partial charge is 0.252 e. The number of nitrogens with two attached hydrogens (primary N) is 1. The maximum absolute atomic E-state index is 13.8. The maximum Gasteiger partial charge on any atom is 0.252 e. The van der Waals surface area contributed by atoms with Crippen LogP contribution in [0.15, 0.2) is 42.5 Å². The zero-order valence-corrected chi connectivity index (χ0v) is 16.6. The van der Waals surface area contributed by atoms with Crippen molar-refractivity contribution in [2.24, 2.45) is 5.73 Å². The highest BCUT2D eigenvalue weighted by Gasteiger charge is 2.24. The minimum absolute atomic E-state index is 0.0994. The summed E-state index contributed by atoms with van der Waals surface area (Å²) < 4.78 is 13.8. The van der Waals surface area contributed by atoms with Crippen LogP contribution in [0.4, 0.5) is 4.39 Å². The van der Waals surface area contributed by atoms with E-state index in [1.807, 2.05) is 20.8 Å². The van der Waals surface area contributed by atoms with Gasteiger partial charge in [-0.1, -0.05) is 35.9 Å². The number of halogens is 2. The Bertz CT molecular complexity index is 805. The van der Waals surface area contributed by atoms with Crippen LogP contribution in [0.5, 0.6) is 0 Å². The van der Waals surface area contributed by atoms with Crippen LogP contribution in [0.1, 0.15) is 42.3 Å². The topological polar surface area (TPSA) is 75.3 Å². The molecule has 0 aliphatic rings. The Kier molecular flexibility index (Phi) is 6.98. The summed E-state index contributed by atoms with van der Waals surface area (Å²) >= 11 is 6.29. The molecule has 2 aromatic carbocycles. The van der Waals surface area contributed by atoms with E-state index >= 15 is 0 Å². The van der Waals surface area contributed by atoms with E-state index in [1.54, 1.807) is 36.4 Å². The lowest BCUT2D eigenvalue weighted by molar-refractivity contribution is 0.0917. The molecule has 2 rings (SSSR count). The van der Waals surface area contributed by atoms with Gasteiger partial charge in [-0.05, 0) is 56.5 Å². The number of carbonyl (C=O) groups excluding carboxylic acids is 1. The number of hydrogen-bond donors (Lipinski definition) is 3. The SMILES string of the molecule is CC(C)(C)NC(=O)c1cccc(Cl)c1C[C@H](O)[C@H](N)Cc1ccccc1F. The van der Waals surface area contributed by atoms with E-state index in [2.05, 4.69) is 5.32 Å². The molecule has 0 aliphatic carbocycles. The first kappa shape index (κ1) is 21.4. The summed E-state index contributed by atoms with van der Waals surface area (Å²) in [4.78, 5) is 12.6. The van der Waals surface area contributed by atoms with Crippen molar-refractivity contribution in [3.8, 4) is 0 Å². The van der Waals surface area contributed by atoms with E-state index in [0.717, 1.165) is 0 Å². The van der Waals surface area contributed by atoms with Gasteiger partial charge in [0.05, 0.1) is 6.10 Å². The summed E-state index contributed by atoms with van der Waals surface area (Å²) in [5.41, 5.74) is 7.04. The molecule has 0 saturated carbocycles. The fraction of sp³-hybridized carbons (Fsp3) is 0.381. The van der Waals surface area contributed by atoms with Gasteiger partial charge in [0.1, 0.15) is 5.82 Å². The van der Waals surface area contributed by atoms with Crippen molar-refractivity contribution in [2.75, 3.05) is 0 Å². The molecular weight excluding hydrogens is 367 g/mol. The number of nitrogens with one attached hydrogen (secondary N) is 1. The third-order valence-electron chi connectivity index (χ3n) is 4.17. The Balaban J connectivity index is 2.18. The molecule has 0 unspecified atom stereocenters. The molecule has 0 radical (unpaired) electrons. The highest BCUT2D eigenvalue weighted by Crippen LogP contribution is 2.23. The first-order valence-electron chi connectivity index (χ1n) is 8.85. The first-order valence-corrected chi connectivity index (χ1v) is 9.23. The Hall–Kier alpha value is -1.95. The van der Waals surface area contributed by atoms with Crippen molar-refractivity contribution in [1.82, 2.24) is 5.32 Å². The Morgan fingerprint density at radius 1 is 1.19 bits per heavy atom. The quantitative estimate of drug-likeness (QED) is 0.704. The van der Waals surface area contributed by atoms with Crippen LogP contribution in [-0.4, -0.2) is 28.7 Å². The van der Waals surface area contributed by atoms with Gasteiger partial charge in [-0.3, -0.25) is 4.79 Å². The van der Waals surface area contributed by atoms with Gasteiger partial charge in [0, 0.05) is 28.6 Å². The molecule has 2 aromatic rings. The predicted molar refractivity (Wildman–Crippen MR) is 106 cm³/mol. The fourth-order valence-corrected chi connectivity index (χ4v) is 3.05. The Labute approximate surface area is 164 Å². The molecule has 2 atom stereocenters. The normalized spacial score (nSPS) is 13.9. The number of aliphatic hydroxyl groups is 1. The van der Waals surface area contributed by atoms with Gasteiger partial charge in [0.15, 0.2) is 0 Å². The average molecular weight is 393 g/mol. The molecule has 0 aromatic heterocycles. The molecular formula is C21H26ClFN2O2. The summed E-state index contributed by atoms with van der Waals surface area (Å²) in [5, 5.41) is 13.8. The summed E-state index contributed by atoms with van der Waals surface area (Å²) in [5.74, 6) is -0.627. The third kappa shape index (κ3) is 6.03. The Morgan fingerprint density at radius 3 is 2.48 bits per heavy atom. The minimum Gasteiger partial charge on any atom is -0.391 e. The predicted octanol–water partition coefficient (Wildman–Crippen LogP) is 3.48. The van der Waals surface area contributed by atoms with E-state index in [9.17, 15) is 14.3 Å². The van der Waals surface area contributed by atoms with Gasteiger partial charge in [0.25, 0.3) is 5.91 Å². The molecule has 0 aliphatic heterocycles.